The molecule has 0 heterocycles. The maximum atomic E-state index is 12.5. The number of carbonyl (C=O) groups is 2. The van der Waals surface area contributed by atoms with Gasteiger partial charge in [-0.3, -0.25) is 4.79 Å². The molecule has 6 heteroatoms. The van der Waals surface area contributed by atoms with E-state index in [4.69, 9.17) is 9.47 Å². The second-order valence-corrected chi connectivity index (χ2v) is 10.8. The first-order valence-corrected chi connectivity index (χ1v) is 11.0. The van der Waals surface area contributed by atoms with Crippen molar-refractivity contribution in [2.45, 2.75) is 112 Å². The number of carbonyl (C=O) groups excluding carboxylic acids is 2. The fourth-order valence-electron chi connectivity index (χ4n) is 2.62. The first-order chi connectivity index (χ1) is 13.0. The summed E-state index contributed by atoms with van der Waals surface area (Å²) in [4.78, 5) is 24.2. The lowest BCUT2D eigenvalue weighted by Gasteiger charge is -2.29. The highest BCUT2D eigenvalue weighted by Crippen LogP contribution is 2.25. The first kappa shape index (κ1) is 27.7. The predicted octanol–water partition coefficient (Wildman–Crippen LogP) is 5.05. The second-order valence-electron chi connectivity index (χ2n) is 10.8. The minimum absolute atomic E-state index is 0.0523. The van der Waals surface area contributed by atoms with Crippen molar-refractivity contribution in [3.05, 3.63) is 0 Å². The van der Waals surface area contributed by atoms with Gasteiger partial charge in [0.1, 0.15) is 5.60 Å². The minimum Gasteiger partial charge on any atom is -0.444 e. The molecule has 2 amide bonds. The summed E-state index contributed by atoms with van der Waals surface area (Å²) in [6, 6.07) is 0.0523. The first-order valence-electron chi connectivity index (χ1n) is 11.0. The Labute approximate surface area is 178 Å². The van der Waals surface area contributed by atoms with Crippen molar-refractivity contribution in [2.75, 3.05) is 13.2 Å². The van der Waals surface area contributed by atoms with Crippen LogP contribution in [-0.2, 0) is 14.3 Å². The van der Waals surface area contributed by atoms with Crippen LogP contribution in [-0.4, -0.2) is 42.4 Å². The van der Waals surface area contributed by atoms with Crippen molar-refractivity contribution in [1.82, 2.24) is 10.6 Å². The van der Waals surface area contributed by atoms with Gasteiger partial charge in [0.2, 0.25) is 5.91 Å². The van der Waals surface area contributed by atoms with E-state index in [2.05, 4.69) is 24.5 Å². The molecular formula is C23H46N2O4. The van der Waals surface area contributed by atoms with E-state index < -0.39 is 11.7 Å². The number of hydrogen-bond donors (Lipinski definition) is 2. The van der Waals surface area contributed by atoms with Crippen molar-refractivity contribution < 1.29 is 19.1 Å². The van der Waals surface area contributed by atoms with Crippen LogP contribution in [0.4, 0.5) is 4.79 Å². The van der Waals surface area contributed by atoms with Gasteiger partial charge in [-0.15, -0.1) is 0 Å². The molecule has 0 saturated heterocycles. The smallest absolute Gasteiger partial charge is 0.407 e. The summed E-state index contributed by atoms with van der Waals surface area (Å²) in [5, 5.41) is 5.88. The van der Waals surface area contributed by atoms with Gasteiger partial charge in [0.15, 0.2) is 0 Å². The van der Waals surface area contributed by atoms with E-state index in [1.807, 2.05) is 55.4 Å². The molecule has 0 saturated carbocycles. The largest absolute Gasteiger partial charge is 0.444 e. The topological polar surface area (TPSA) is 76.7 Å². The second kappa shape index (κ2) is 11.8. The molecule has 0 fully saturated rings. The van der Waals surface area contributed by atoms with Gasteiger partial charge in [0, 0.05) is 24.6 Å². The van der Waals surface area contributed by atoms with Gasteiger partial charge in [-0.2, -0.15) is 0 Å². The highest BCUT2D eigenvalue weighted by atomic mass is 16.6. The molecule has 2 N–H and O–H groups in total. The van der Waals surface area contributed by atoms with Gasteiger partial charge in [-0.05, 0) is 73.1 Å². The van der Waals surface area contributed by atoms with Gasteiger partial charge >= 0.3 is 6.09 Å². The van der Waals surface area contributed by atoms with Crippen LogP contribution in [0.1, 0.15) is 94.9 Å². The lowest BCUT2D eigenvalue weighted by atomic mass is 9.84. The molecular weight excluding hydrogens is 368 g/mol. The van der Waals surface area contributed by atoms with E-state index in [-0.39, 0.29) is 23.0 Å². The quantitative estimate of drug-likeness (QED) is 0.468. The summed E-state index contributed by atoms with van der Waals surface area (Å²) >= 11 is 0. The molecule has 6 nitrogen and oxygen atoms in total. The summed E-state index contributed by atoms with van der Waals surface area (Å²) in [5.74, 6) is 0.700. The maximum Gasteiger partial charge on any atom is 0.407 e. The van der Waals surface area contributed by atoms with Gasteiger partial charge in [-0.25, -0.2) is 4.79 Å². The summed E-state index contributed by atoms with van der Waals surface area (Å²) < 4.78 is 11.2. The number of amides is 2. The fourth-order valence-corrected chi connectivity index (χ4v) is 2.62. The average molecular weight is 415 g/mol. The molecule has 0 aliphatic rings. The Morgan fingerprint density at radius 1 is 0.897 bits per heavy atom. The van der Waals surface area contributed by atoms with Crippen molar-refractivity contribution in [1.29, 1.82) is 0 Å². The lowest BCUT2D eigenvalue weighted by Crippen LogP contribution is -2.42. The number of nitrogens with one attached hydrogen (secondary N) is 2. The molecule has 0 aromatic carbocycles. The molecule has 0 aliphatic heterocycles. The Balaban J connectivity index is 4.19. The highest BCUT2D eigenvalue weighted by Gasteiger charge is 2.28. The third-order valence-electron chi connectivity index (χ3n) is 4.78. The van der Waals surface area contributed by atoms with Crippen LogP contribution in [0.2, 0.25) is 0 Å². The zero-order valence-electron chi connectivity index (χ0n) is 20.5. The van der Waals surface area contributed by atoms with Gasteiger partial charge in [-0.1, -0.05) is 27.7 Å². The van der Waals surface area contributed by atoms with Crippen LogP contribution in [0.5, 0.6) is 0 Å². The number of hydrogen-bond acceptors (Lipinski definition) is 4. The van der Waals surface area contributed by atoms with E-state index in [0.717, 1.165) is 19.3 Å². The van der Waals surface area contributed by atoms with Crippen LogP contribution >= 0.6 is 0 Å². The lowest BCUT2D eigenvalue weighted by molar-refractivity contribution is -0.130. The SMILES string of the molecule is CC(C)CCC(C)(C)C(=O)NC(C)CCOC(C)(C)CCNC(=O)OC(C)(C)C. The highest BCUT2D eigenvalue weighted by molar-refractivity contribution is 5.82. The van der Waals surface area contributed by atoms with Crippen LogP contribution in [0.25, 0.3) is 0 Å². The van der Waals surface area contributed by atoms with E-state index in [0.29, 0.717) is 25.5 Å². The van der Waals surface area contributed by atoms with Crippen molar-refractivity contribution in [2.24, 2.45) is 11.3 Å². The predicted molar refractivity (Wildman–Crippen MR) is 119 cm³/mol. The molecule has 172 valence electrons. The Kier molecular flexibility index (Phi) is 11.2. The van der Waals surface area contributed by atoms with Gasteiger partial charge in [0.25, 0.3) is 0 Å². The van der Waals surface area contributed by atoms with Gasteiger partial charge in [0.05, 0.1) is 5.60 Å². The minimum atomic E-state index is -0.500. The van der Waals surface area contributed by atoms with Crippen LogP contribution < -0.4 is 10.6 Å². The third-order valence-corrected chi connectivity index (χ3v) is 4.78. The van der Waals surface area contributed by atoms with Crippen LogP contribution in [0, 0.1) is 11.3 Å². The molecule has 0 rings (SSSR count). The van der Waals surface area contributed by atoms with E-state index in [1.165, 1.54) is 0 Å². The van der Waals surface area contributed by atoms with Crippen molar-refractivity contribution in [3.8, 4) is 0 Å². The number of ether oxygens (including phenoxy) is 2. The normalized spacial score (nSPS) is 13.9. The molecule has 0 aliphatic carbocycles. The van der Waals surface area contributed by atoms with Crippen LogP contribution in [0.3, 0.4) is 0 Å². The molecule has 0 radical (unpaired) electrons. The summed E-state index contributed by atoms with van der Waals surface area (Å²) in [5.41, 5.74) is -1.22. The Hall–Kier alpha value is -1.30. The molecule has 1 unspecified atom stereocenters. The third kappa shape index (κ3) is 14.3. The summed E-state index contributed by atoms with van der Waals surface area (Å²) in [6.07, 6.45) is 2.94. The van der Waals surface area contributed by atoms with Crippen molar-refractivity contribution >= 4 is 12.0 Å². The molecule has 0 aromatic heterocycles. The van der Waals surface area contributed by atoms with Crippen LogP contribution in [0.15, 0.2) is 0 Å². The summed E-state index contributed by atoms with van der Waals surface area (Å²) in [6.45, 7) is 20.9. The van der Waals surface area contributed by atoms with Gasteiger partial charge < -0.3 is 20.1 Å². The molecule has 0 spiro atoms. The summed E-state index contributed by atoms with van der Waals surface area (Å²) in [7, 11) is 0. The average Bonchev–Trinajstić information content (AvgIpc) is 2.50. The molecule has 1 atom stereocenters. The zero-order chi connectivity index (χ0) is 22.9. The number of rotatable bonds is 12. The Bertz CT molecular complexity index is 507. The van der Waals surface area contributed by atoms with E-state index in [9.17, 15) is 9.59 Å². The maximum absolute atomic E-state index is 12.5. The standard InChI is InChI=1S/C23H46N2O4/c1-17(2)11-13-22(7,8)19(26)25-18(3)12-16-28-23(9,10)14-15-24-20(27)29-21(4,5)6/h17-18H,11-16H2,1-10H3,(H,24,27)(H,25,26). The zero-order valence-corrected chi connectivity index (χ0v) is 20.5. The van der Waals surface area contributed by atoms with Crippen molar-refractivity contribution in [3.63, 3.8) is 0 Å². The van der Waals surface area contributed by atoms with E-state index >= 15 is 0 Å². The van der Waals surface area contributed by atoms with E-state index in [1.54, 1.807) is 0 Å². The Morgan fingerprint density at radius 2 is 1.48 bits per heavy atom. The molecule has 0 aromatic rings. The number of alkyl carbamates (subject to hydrolysis) is 1. The fraction of sp³-hybridized carbons (Fsp3) is 0.913. The monoisotopic (exact) mass is 414 g/mol. The Morgan fingerprint density at radius 3 is 2.00 bits per heavy atom. The molecule has 0 bridgehead atoms. The molecule has 29 heavy (non-hydrogen) atoms.